The third-order valence-electron chi connectivity index (χ3n) is 3.53. The maximum atomic E-state index is 12.1. The first-order valence-corrected chi connectivity index (χ1v) is 8.72. The Labute approximate surface area is 136 Å². The van der Waals surface area contributed by atoms with Crippen molar-refractivity contribution < 1.29 is 14.7 Å². The average molecular weight is 373 g/mol. The lowest BCUT2D eigenvalue weighted by Crippen LogP contribution is -2.41. The Morgan fingerprint density at radius 3 is 2.81 bits per heavy atom. The molecule has 1 saturated carbocycles. The van der Waals surface area contributed by atoms with Gasteiger partial charge in [-0.2, -0.15) is 11.8 Å². The minimum Gasteiger partial charge on any atom is -0.478 e. The number of hydrogen-bond donors (Lipinski definition) is 3. The third kappa shape index (κ3) is 4.14. The van der Waals surface area contributed by atoms with Gasteiger partial charge in [-0.15, -0.1) is 0 Å². The molecule has 114 valence electrons. The first-order valence-electron chi connectivity index (χ1n) is 6.64. The number of carbonyl (C=O) groups excluding carboxylic acids is 1. The van der Waals surface area contributed by atoms with Crippen LogP contribution in [0.1, 0.15) is 29.6 Å². The maximum Gasteiger partial charge on any atom is 0.337 e. The van der Waals surface area contributed by atoms with E-state index in [0.717, 1.165) is 19.3 Å². The highest BCUT2D eigenvalue weighted by atomic mass is 79.9. The summed E-state index contributed by atoms with van der Waals surface area (Å²) in [4.78, 5) is 23.3. The van der Waals surface area contributed by atoms with Crippen LogP contribution in [-0.4, -0.2) is 34.7 Å². The normalized spacial score (nSPS) is 21.0. The zero-order valence-electron chi connectivity index (χ0n) is 11.6. The lowest BCUT2D eigenvalue weighted by atomic mass is 10.2. The third-order valence-corrected chi connectivity index (χ3v) is 5.20. The van der Waals surface area contributed by atoms with Crippen LogP contribution in [0.2, 0.25) is 0 Å². The van der Waals surface area contributed by atoms with Gasteiger partial charge in [0.15, 0.2) is 0 Å². The molecule has 3 N–H and O–H groups in total. The van der Waals surface area contributed by atoms with Gasteiger partial charge >= 0.3 is 12.0 Å². The average Bonchev–Trinajstić information content (AvgIpc) is 2.87. The summed E-state index contributed by atoms with van der Waals surface area (Å²) in [5, 5.41) is 15.2. The number of carboxylic acid groups (broad SMARTS) is 1. The van der Waals surface area contributed by atoms with Crippen LogP contribution in [0.15, 0.2) is 22.7 Å². The molecule has 1 aliphatic carbocycles. The van der Waals surface area contributed by atoms with Crippen LogP contribution in [0.5, 0.6) is 0 Å². The van der Waals surface area contributed by atoms with Gasteiger partial charge in [-0.3, -0.25) is 0 Å². The Kier molecular flexibility index (Phi) is 5.52. The summed E-state index contributed by atoms with van der Waals surface area (Å²) in [7, 11) is 0. The molecule has 0 bridgehead atoms. The summed E-state index contributed by atoms with van der Waals surface area (Å²) in [6, 6.07) is 4.53. The van der Waals surface area contributed by atoms with Gasteiger partial charge in [-0.1, -0.05) is 22.4 Å². The number of amides is 2. The minimum absolute atomic E-state index is 0.0624. The van der Waals surface area contributed by atoms with Crippen LogP contribution in [-0.2, 0) is 0 Å². The van der Waals surface area contributed by atoms with Gasteiger partial charge in [-0.25, -0.2) is 9.59 Å². The number of carboxylic acids is 1. The minimum atomic E-state index is -1.07. The second kappa shape index (κ2) is 7.17. The van der Waals surface area contributed by atoms with Crippen molar-refractivity contribution in [3.05, 3.63) is 28.2 Å². The van der Waals surface area contributed by atoms with Crippen LogP contribution in [0.4, 0.5) is 10.5 Å². The largest absolute Gasteiger partial charge is 0.478 e. The molecule has 2 unspecified atom stereocenters. The van der Waals surface area contributed by atoms with Crippen molar-refractivity contribution in [1.29, 1.82) is 0 Å². The summed E-state index contributed by atoms with van der Waals surface area (Å²) >= 11 is 4.98. The number of urea groups is 1. The van der Waals surface area contributed by atoms with E-state index in [-0.39, 0.29) is 17.6 Å². The molecule has 2 atom stereocenters. The van der Waals surface area contributed by atoms with Gasteiger partial charge in [0.2, 0.25) is 0 Å². The molecule has 0 aliphatic heterocycles. The monoisotopic (exact) mass is 372 g/mol. The highest BCUT2D eigenvalue weighted by molar-refractivity contribution is 9.10. The van der Waals surface area contributed by atoms with E-state index >= 15 is 0 Å². The van der Waals surface area contributed by atoms with Crippen molar-refractivity contribution in [2.45, 2.75) is 30.6 Å². The fraction of sp³-hybridized carbons (Fsp3) is 0.429. The van der Waals surface area contributed by atoms with E-state index in [9.17, 15) is 14.7 Å². The molecule has 0 aromatic heterocycles. The number of rotatable bonds is 4. The summed E-state index contributed by atoms with van der Waals surface area (Å²) < 4.78 is 0.657. The number of anilines is 1. The van der Waals surface area contributed by atoms with Crippen molar-refractivity contribution in [3.63, 3.8) is 0 Å². The molecular formula is C14H17BrN2O3S. The van der Waals surface area contributed by atoms with Gasteiger partial charge in [0.25, 0.3) is 0 Å². The van der Waals surface area contributed by atoms with Gasteiger partial charge < -0.3 is 15.7 Å². The second-order valence-corrected chi connectivity index (χ2v) is 6.90. The van der Waals surface area contributed by atoms with E-state index in [1.54, 1.807) is 23.9 Å². The van der Waals surface area contributed by atoms with Crippen molar-refractivity contribution in [2.75, 3.05) is 11.6 Å². The van der Waals surface area contributed by atoms with Crippen molar-refractivity contribution in [1.82, 2.24) is 5.32 Å². The number of benzene rings is 1. The number of aromatic carboxylic acids is 1. The summed E-state index contributed by atoms with van der Waals surface area (Å²) in [6.45, 7) is 0. The summed E-state index contributed by atoms with van der Waals surface area (Å²) in [5.74, 6) is -1.07. The Balaban J connectivity index is 2.04. The Bertz CT molecular complexity index is 553. The predicted molar refractivity (Wildman–Crippen MR) is 88.2 cm³/mol. The van der Waals surface area contributed by atoms with E-state index in [4.69, 9.17) is 0 Å². The Hall–Kier alpha value is -1.21. The van der Waals surface area contributed by atoms with Crippen molar-refractivity contribution in [2.24, 2.45) is 0 Å². The number of hydrogen-bond acceptors (Lipinski definition) is 3. The molecule has 0 saturated heterocycles. The summed E-state index contributed by atoms with van der Waals surface area (Å²) in [6.07, 6.45) is 5.21. The van der Waals surface area contributed by atoms with Crippen LogP contribution in [0.25, 0.3) is 0 Å². The standard InChI is InChI=1S/C14H17BrN2O3S/c1-21-12-4-2-3-11(12)17-14(20)16-10-6-5-8(15)7-9(10)13(18)19/h5-7,11-12H,2-4H2,1H3,(H,18,19)(H2,16,17,20). The van der Waals surface area contributed by atoms with Crippen LogP contribution in [0, 0.1) is 0 Å². The SMILES string of the molecule is CSC1CCCC1NC(=O)Nc1ccc(Br)cc1C(=O)O. The highest BCUT2D eigenvalue weighted by Crippen LogP contribution is 2.28. The first kappa shape index (κ1) is 16.2. The molecule has 1 fully saturated rings. The van der Waals surface area contributed by atoms with E-state index < -0.39 is 5.97 Å². The van der Waals surface area contributed by atoms with Crippen molar-refractivity contribution in [3.8, 4) is 0 Å². The quantitative estimate of drug-likeness (QED) is 0.754. The fourth-order valence-corrected chi connectivity index (χ4v) is 3.80. The van der Waals surface area contributed by atoms with Crippen LogP contribution in [0.3, 0.4) is 0 Å². The molecule has 0 spiro atoms. The van der Waals surface area contributed by atoms with E-state index in [2.05, 4.69) is 26.6 Å². The zero-order chi connectivity index (χ0) is 15.4. The molecule has 2 amide bonds. The van der Waals surface area contributed by atoms with Gasteiger partial charge in [0, 0.05) is 15.8 Å². The molecule has 21 heavy (non-hydrogen) atoms. The topological polar surface area (TPSA) is 78.4 Å². The molecule has 1 aliphatic rings. The molecule has 7 heteroatoms. The van der Waals surface area contributed by atoms with Gasteiger partial charge in [0.1, 0.15) is 0 Å². The number of nitrogens with one attached hydrogen (secondary N) is 2. The summed E-state index contributed by atoms with van der Waals surface area (Å²) in [5.41, 5.74) is 0.356. The van der Waals surface area contributed by atoms with E-state index in [1.807, 2.05) is 6.26 Å². The zero-order valence-corrected chi connectivity index (χ0v) is 14.0. The van der Waals surface area contributed by atoms with Crippen molar-refractivity contribution >= 4 is 45.4 Å². The Morgan fingerprint density at radius 1 is 1.38 bits per heavy atom. The lowest BCUT2D eigenvalue weighted by Gasteiger charge is -2.19. The van der Waals surface area contributed by atoms with Gasteiger partial charge in [0.05, 0.1) is 11.3 Å². The number of halogens is 1. The molecule has 0 radical (unpaired) electrons. The predicted octanol–water partition coefficient (Wildman–Crippen LogP) is 3.55. The molecule has 0 heterocycles. The molecule has 5 nitrogen and oxygen atoms in total. The maximum absolute atomic E-state index is 12.1. The molecular weight excluding hydrogens is 356 g/mol. The molecule has 1 aromatic rings. The first-order chi connectivity index (χ1) is 10.0. The lowest BCUT2D eigenvalue weighted by molar-refractivity contribution is 0.0698. The molecule has 1 aromatic carbocycles. The Morgan fingerprint density at radius 2 is 2.14 bits per heavy atom. The van der Waals surface area contributed by atoms with E-state index in [1.165, 1.54) is 6.07 Å². The van der Waals surface area contributed by atoms with E-state index in [0.29, 0.717) is 15.4 Å². The fourth-order valence-electron chi connectivity index (χ4n) is 2.50. The van der Waals surface area contributed by atoms with Gasteiger partial charge in [-0.05, 0) is 37.3 Å². The smallest absolute Gasteiger partial charge is 0.337 e. The molecule has 2 rings (SSSR count). The second-order valence-electron chi connectivity index (χ2n) is 4.91. The van der Waals surface area contributed by atoms with Crippen LogP contribution >= 0.6 is 27.7 Å². The number of thioether (sulfide) groups is 1. The van der Waals surface area contributed by atoms with Crippen LogP contribution < -0.4 is 10.6 Å². The number of carbonyl (C=O) groups is 2. The highest BCUT2D eigenvalue weighted by Gasteiger charge is 2.28.